The van der Waals surface area contributed by atoms with E-state index in [0.29, 0.717) is 23.9 Å². The van der Waals surface area contributed by atoms with Crippen LogP contribution in [-0.2, 0) is 4.79 Å². The van der Waals surface area contributed by atoms with Gasteiger partial charge in [-0.3, -0.25) is 4.79 Å². The molecule has 3 nitrogen and oxygen atoms in total. The maximum atomic E-state index is 12.3. The van der Waals surface area contributed by atoms with Crippen LogP contribution in [0.15, 0.2) is 0 Å². The Kier molecular flexibility index (Phi) is 6.13. The molecule has 1 aliphatic carbocycles. The molecule has 0 spiro atoms. The molecule has 0 saturated heterocycles. The van der Waals surface area contributed by atoms with Gasteiger partial charge >= 0.3 is 0 Å². The zero-order valence-electron chi connectivity index (χ0n) is 12.4. The lowest BCUT2D eigenvalue weighted by atomic mass is 9.78. The lowest BCUT2D eigenvalue weighted by molar-refractivity contribution is -0.127. The van der Waals surface area contributed by atoms with Gasteiger partial charge in [-0.05, 0) is 37.5 Å². The van der Waals surface area contributed by atoms with Crippen molar-refractivity contribution in [3.8, 4) is 0 Å². The molecular weight excluding hydrogens is 224 g/mol. The molecule has 0 aromatic carbocycles. The molecule has 106 valence electrons. The summed E-state index contributed by atoms with van der Waals surface area (Å²) in [6.07, 6.45) is 5.45. The van der Waals surface area contributed by atoms with Gasteiger partial charge < -0.3 is 11.1 Å². The molecule has 0 heterocycles. The third-order valence-electron chi connectivity index (χ3n) is 4.45. The van der Waals surface area contributed by atoms with Gasteiger partial charge in [0.25, 0.3) is 0 Å². The van der Waals surface area contributed by atoms with Gasteiger partial charge in [0.2, 0.25) is 5.91 Å². The second kappa shape index (κ2) is 7.13. The molecule has 0 radical (unpaired) electrons. The number of nitrogens with one attached hydrogen (secondary N) is 1. The monoisotopic (exact) mass is 254 g/mol. The first-order chi connectivity index (χ1) is 8.45. The van der Waals surface area contributed by atoms with E-state index in [-0.39, 0.29) is 11.8 Å². The largest absolute Gasteiger partial charge is 0.353 e. The van der Waals surface area contributed by atoms with E-state index in [4.69, 9.17) is 5.73 Å². The average molecular weight is 254 g/mol. The van der Waals surface area contributed by atoms with Crippen molar-refractivity contribution >= 4 is 5.91 Å². The summed E-state index contributed by atoms with van der Waals surface area (Å²) in [7, 11) is 0. The highest BCUT2D eigenvalue weighted by Gasteiger charge is 2.29. The Morgan fingerprint density at radius 2 is 2.00 bits per heavy atom. The second-order valence-electron chi connectivity index (χ2n) is 6.24. The summed E-state index contributed by atoms with van der Waals surface area (Å²) < 4.78 is 0. The maximum absolute atomic E-state index is 12.3. The van der Waals surface area contributed by atoms with Crippen molar-refractivity contribution in [1.82, 2.24) is 5.32 Å². The zero-order chi connectivity index (χ0) is 13.7. The number of hydrogen-bond donors (Lipinski definition) is 2. The Bertz CT molecular complexity index is 265. The lowest BCUT2D eigenvalue weighted by Gasteiger charge is -2.32. The quantitative estimate of drug-likeness (QED) is 0.792. The van der Waals surface area contributed by atoms with Crippen LogP contribution < -0.4 is 11.1 Å². The summed E-state index contributed by atoms with van der Waals surface area (Å²) in [6, 6.07) is 0.600. The van der Waals surface area contributed by atoms with E-state index in [0.717, 1.165) is 25.7 Å². The summed E-state index contributed by atoms with van der Waals surface area (Å²) >= 11 is 0. The van der Waals surface area contributed by atoms with Crippen LogP contribution in [0, 0.1) is 17.8 Å². The molecular formula is C15H30N2O. The van der Waals surface area contributed by atoms with Crippen molar-refractivity contribution in [3.05, 3.63) is 0 Å². The van der Waals surface area contributed by atoms with E-state index in [1.165, 1.54) is 6.42 Å². The van der Waals surface area contributed by atoms with Gasteiger partial charge in [0, 0.05) is 18.0 Å². The van der Waals surface area contributed by atoms with Crippen molar-refractivity contribution in [1.29, 1.82) is 0 Å². The van der Waals surface area contributed by atoms with E-state index in [9.17, 15) is 4.79 Å². The highest BCUT2D eigenvalue weighted by Crippen LogP contribution is 2.29. The number of amides is 1. The standard InChI is InChI=1S/C15H30N2O/c1-5-14(10(2)3)17-15(18)11(4)12-7-6-8-13(16)9-12/h10-14H,5-9,16H2,1-4H3,(H,17,18). The minimum Gasteiger partial charge on any atom is -0.353 e. The topological polar surface area (TPSA) is 55.1 Å². The van der Waals surface area contributed by atoms with E-state index >= 15 is 0 Å². The fourth-order valence-corrected chi connectivity index (χ4v) is 2.99. The van der Waals surface area contributed by atoms with Gasteiger partial charge in [-0.1, -0.05) is 34.1 Å². The van der Waals surface area contributed by atoms with E-state index in [2.05, 4.69) is 33.0 Å². The van der Waals surface area contributed by atoms with Crippen LogP contribution >= 0.6 is 0 Å². The van der Waals surface area contributed by atoms with Gasteiger partial charge in [0.05, 0.1) is 0 Å². The van der Waals surface area contributed by atoms with Crippen molar-refractivity contribution in [2.45, 2.75) is 71.9 Å². The summed E-state index contributed by atoms with van der Waals surface area (Å²) in [4.78, 5) is 12.3. The molecule has 4 unspecified atom stereocenters. The first kappa shape index (κ1) is 15.5. The highest BCUT2D eigenvalue weighted by molar-refractivity contribution is 5.78. The molecule has 0 aromatic heterocycles. The average Bonchev–Trinajstić information content (AvgIpc) is 2.34. The van der Waals surface area contributed by atoms with Gasteiger partial charge in [-0.2, -0.15) is 0 Å². The Morgan fingerprint density at radius 1 is 1.33 bits per heavy atom. The number of nitrogens with two attached hydrogens (primary N) is 1. The summed E-state index contributed by atoms with van der Waals surface area (Å²) in [5.74, 6) is 1.29. The van der Waals surface area contributed by atoms with Crippen molar-refractivity contribution in [3.63, 3.8) is 0 Å². The number of rotatable bonds is 5. The van der Waals surface area contributed by atoms with E-state index in [1.54, 1.807) is 0 Å². The molecule has 3 heteroatoms. The molecule has 1 rings (SSSR count). The van der Waals surface area contributed by atoms with Crippen LogP contribution in [0.25, 0.3) is 0 Å². The zero-order valence-corrected chi connectivity index (χ0v) is 12.4. The van der Waals surface area contributed by atoms with E-state index < -0.39 is 0 Å². The number of carbonyl (C=O) groups is 1. The summed E-state index contributed by atoms with van der Waals surface area (Å²) in [6.45, 7) is 8.52. The second-order valence-corrected chi connectivity index (χ2v) is 6.24. The Labute approximate surface area is 112 Å². The van der Waals surface area contributed by atoms with Crippen LogP contribution in [-0.4, -0.2) is 18.0 Å². The molecule has 1 aliphatic rings. The smallest absolute Gasteiger partial charge is 0.223 e. The molecule has 1 amide bonds. The highest BCUT2D eigenvalue weighted by atomic mass is 16.1. The third-order valence-corrected chi connectivity index (χ3v) is 4.45. The minimum atomic E-state index is 0.101. The molecule has 18 heavy (non-hydrogen) atoms. The normalized spacial score (nSPS) is 27.9. The van der Waals surface area contributed by atoms with Crippen LogP contribution in [0.4, 0.5) is 0 Å². The molecule has 1 fully saturated rings. The molecule has 0 bridgehead atoms. The van der Waals surface area contributed by atoms with Gasteiger partial charge in [0.1, 0.15) is 0 Å². The fourth-order valence-electron chi connectivity index (χ4n) is 2.99. The maximum Gasteiger partial charge on any atom is 0.223 e. The minimum absolute atomic E-state index is 0.101. The molecule has 0 aromatic rings. The van der Waals surface area contributed by atoms with Gasteiger partial charge in [-0.25, -0.2) is 0 Å². The van der Waals surface area contributed by atoms with Gasteiger partial charge in [0.15, 0.2) is 0 Å². The Balaban J connectivity index is 2.49. The van der Waals surface area contributed by atoms with Gasteiger partial charge in [-0.15, -0.1) is 0 Å². The number of carbonyl (C=O) groups excluding carboxylic acids is 1. The first-order valence-electron chi connectivity index (χ1n) is 7.51. The van der Waals surface area contributed by atoms with Crippen LogP contribution in [0.1, 0.15) is 59.8 Å². The Hall–Kier alpha value is -0.570. The van der Waals surface area contributed by atoms with Crippen molar-refractivity contribution in [2.75, 3.05) is 0 Å². The van der Waals surface area contributed by atoms with Crippen molar-refractivity contribution in [2.24, 2.45) is 23.5 Å². The molecule has 3 N–H and O–H groups in total. The lowest BCUT2D eigenvalue weighted by Crippen LogP contribution is -2.44. The Morgan fingerprint density at radius 3 is 2.50 bits per heavy atom. The molecule has 4 atom stereocenters. The predicted octanol–water partition coefficient (Wildman–Crippen LogP) is 2.69. The van der Waals surface area contributed by atoms with Crippen LogP contribution in [0.3, 0.4) is 0 Å². The summed E-state index contributed by atoms with van der Waals surface area (Å²) in [5.41, 5.74) is 6.01. The first-order valence-corrected chi connectivity index (χ1v) is 7.51. The molecule has 0 aliphatic heterocycles. The van der Waals surface area contributed by atoms with Crippen LogP contribution in [0.5, 0.6) is 0 Å². The summed E-state index contributed by atoms with van der Waals surface area (Å²) in [5, 5.41) is 3.20. The number of hydrogen-bond acceptors (Lipinski definition) is 2. The molecule has 1 saturated carbocycles. The SMILES string of the molecule is CCC(NC(=O)C(C)C1CCCC(N)C1)C(C)C. The predicted molar refractivity (Wildman–Crippen MR) is 76.2 cm³/mol. The van der Waals surface area contributed by atoms with Crippen molar-refractivity contribution < 1.29 is 4.79 Å². The van der Waals surface area contributed by atoms with Crippen LogP contribution in [0.2, 0.25) is 0 Å². The third kappa shape index (κ3) is 4.27. The fraction of sp³-hybridized carbons (Fsp3) is 0.933. The van der Waals surface area contributed by atoms with E-state index in [1.807, 2.05) is 0 Å².